The van der Waals surface area contributed by atoms with E-state index in [2.05, 4.69) is 15.9 Å². The molecule has 0 bridgehead atoms. The second kappa shape index (κ2) is 6.84. The number of halogens is 1. The van der Waals surface area contributed by atoms with E-state index in [1.54, 1.807) is 17.4 Å². The van der Waals surface area contributed by atoms with Gasteiger partial charge in [-0.1, -0.05) is 24.0 Å². The van der Waals surface area contributed by atoms with Crippen LogP contribution < -0.4 is 0 Å². The van der Waals surface area contributed by atoms with E-state index >= 15 is 0 Å². The van der Waals surface area contributed by atoms with Gasteiger partial charge >= 0.3 is 5.97 Å². The van der Waals surface area contributed by atoms with Crippen molar-refractivity contribution in [3.8, 4) is 0 Å². The number of carbonyl (C=O) groups excluding carboxylic acids is 1. The molecule has 2 heterocycles. The lowest BCUT2D eigenvalue weighted by Crippen LogP contribution is -2.29. The van der Waals surface area contributed by atoms with Crippen molar-refractivity contribution in [1.82, 2.24) is 4.90 Å². The third kappa shape index (κ3) is 3.91. The zero-order chi connectivity index (χ0) is 14.7. The van der Waals surface area contributed by atoms with E-state index in [1.807, 2.05) is 11.4 Å². The van der Waals surface area contributed by atoms with Crippen molar-refractivity contribution in [2.75, 3.05) is 6.54 Å². The van der Waals surface area contributed by atoms with Crippen LogP contribution in [0.4, 0.5) is 0 Å². The zero-order valence-corrected chi connectivity index (χ0v) is 14.2. The van der Waals surface area contributed by atoms with E-state index in [0.717, 1.165) is 9.35 Å². The van der Waals surface area contributed by atoms with Gasteiger partial charge in [0.2, 0.25) is 0 Å². The number of thioether (sulfide) groups is 1. The van der Waals surface area contributed by atoms with E-state index < -0.39 is 5.97 Å². The first kappa shape index (κ1) is 15.7. The van der Waals surface area contributed by atoms with Gasteiger partial charge in [0.05, 0.1) is 8.69 Å². The minimum absolute atomic E-state index is 0.0353. The SMILES string of the molecule is O=C(O)CCCN1C(=O)/C(=C\c2csc(Br)c2)SC1=S. The van der Waals surface area contributed by atoms with E-state index in [4.69, 9.17) is 17.3 Å². The van der Waals surface area contributed by atoms with Crippen LogP contribution >= 0.6 is 51.2 Å². The Bertz CT molecular complexity index is 597. The zero-order valence-electron chi connectivity index (χ0n) is 10.2. The fourth-order valence-electron chi connectivity index (χ4n) is 1.63. The molecular formula is C12H10BrNO3S3. The minimum atomic E-state index is -0.867. The Kier molecular flexibility index (Phi) is 5.36. The summed E-state index contributed by atoms with van der Waals surface area (Å²) in [6.07, 6.45) is 2.24. The average Bonchev–Trinajstić information content (AvgIpc) is 2.88. The quantitative estimate of drug-likeness (QED) is 0.613. The van der Waals surface area contributed by atoms with Gasteiger partial charge in [-0.15, -0.1) is 11.3 Å². The third-order valence-corrected chi connectivity index (χ3v) is 5.43. The summed E-state index contributed by atoms with van der Waals surface area (Å²) < 4.78 is 1.49. The molecule has 106 valence electrons. The largest absolute Gasteiger partial charge is 0.481 e. The van der Waals surface area contributed by atoms with Gasteiger partial charge in [-0.2, -0.15) is 0 Å². The predicted molar refractivity (Wildman–Crippen MR) is 88.8 cm³/mol. The van der Waals surface area contributed by atoms with Gasteiger partial charge in [-0.3, -0.25) is 14.5 Å². The van der Waals surface area contributed by atoms with Crippen LogP contribution in [0.25, 0.3) is 6.08 Å². The monoisotopic (exact) mass is 391 g/mol. The first-order chi connectivity index (χ1) is 9.47. The van der Waals surface area contributed by atoms with Crippen molar-refractivity contribution in [3.05, 3.63) is 25.7 Å². The number of aliphatic carboxylic acids is 1. The molecule has 0 aliphatic carbocycles. The van der Waals surface area contributed by atoms with Crippen LogP contribution in [-0.2, 0) is 9.59 Å². The van der Waals surface area contributed by atoms with Crippen molar-refractivity contribution in [2.45, 2.75) is 12.8 Å². The molecular weight excluding hydrogens is 382 g/mol. The molecule has 1 N–H and O–H groups in total. The Hall–Kier alpha value is -0.700. The summed E-state index contributed by atoms with van der Waals surface area (Å²) in [6, 6.07) is 1.93. The number of thiophene rings is 1. The van der Waals surface area contributed by atoms with Crippen LogP contribution in [0.1, 0.15) is 18.4 Å². The van der Waals surface area contributed by atoms with Crippen LogP contribution in [0.2, 0.25) is 0 Å². The van der Waals surface area contributed by atoms with Gasteiger partial charge in [-0.05, 0) is 45.4 Å². The maximum atomic E-state index is 12.2. The fraction of sp³-hybridized carbons (Fsp3) is 0.250. The summed E-state index contributed by atoms with van der Waals surface area (Å²) in [4.78, 5) is 24.7. The number of hydrogen-bond acceptors (Lipinski definition) is 5. The molecule has 0 radical (unpaired) electrons. The van der Waals surface area contributed by atoms with Crippen molar-refractivity contribution in [1.29, 1.82) is 0 Å². The number of carboxylic acid groups (broad SMARTS) is 1. The summed E-state index contributed by atoms with van der Waals surface area (Å²) >= 11 is 11.3. The summed E-state index contributed by atoms with van der Waals surface area (Å²) in [5, 5.41) is 10.6. The molecule has 1 aromatic rings. The van der Waals surface area contributed by atoms with Crippen molar-refractivity contribution >= 4 is 73.5 Å². The average molecular weight is 392 g/mol. The molecule has 1 saturated heterocycles. The van der Waals surface area contributed by atoms with Gasteiger partial charge in [0, 0.05) is 13.0 Å². The normalized spacial score (nSPS) is 17.2. The lowest BCUT2D eigenvalue weighted by atomic mass is 10.2. The highest BCUT2D eigenvalue weighted by Crippen LogP contribution is 2.33. The van der Waals surface area contributed by atoms with E-state index in [-0.39, 0.29) is 12.3 Å². The number of hydrogen-bond donors (Lipinski definition) is 1. The second-order valence-electron chi connectivity index (χ2n) is 4.01. The van der Waals surface area contributed by atoms with E-state index in [1.165, 1.54) is 16.7 Å². The molecule has 4 nitrogen and oxygen atoms in total. The number of nitrogens with zero attached hydrogens (tertiary/aromatic N) is 1. The van der Waals surface area contributed by atoms with Crippen LogP contribution in [-0.4, -0.2) is 32.7 Å². The van der Waals surface area contributed by atoms with Gasteiger partial charge in [0.15, 0.2) is 0 Å². The Morgan fingerprint density at radius 1 is 1.55 bits per heavy atom. The molecule has 1 aromatic heterocycles. The highest BCUT2D eigenvalue weighted by atomic mass is 79.9. The lowest BCUT2D eigenvalue weighted by Gasteiger charge is -2.13. The molecule has 0 atom stereocenters. The van der Waals surface area contributed by atoms with Crippen LogP contribution in [0.15, 0.2) is 20.1 Å². The smallest absolute Gasteiger partial charge is 0.303 e. The number of carboxylic acids is 1. The van der Waals surface area contributed by atoms with Gasteiger partial charge in [-0.25, -0.2) is 0 Å². The number of thiocarbonyl (C=S) groups is 1. The molecule has 0 unspecified atom stereocenters. The molecule has 1 amide bonds. The Morgan fingerprint density at radius 2 is 2.30 bits per heavy atom. The molecule has 1 aliphatic rings. The molecule has 0 saturated carbocycles. The van der Waals surface area contributed by atoms with E-state index in [0.29, 0.717) is 22.2 Å². The maximum Gasteiger partial charge on any atom is 0.303 e. The first-order valence-electron chi connectivity index (χ1n) is 5.68. The molecule has 8 heteroatoms. The van der Waals surface area contributed by atoms with Gasteiger partial charge in [0.1, 0.15) is 4.32 Å². The lowest BCUT2D eigenvalue weighted by molar-refractivity contribution is -0.137. The summed E-state index contributed by atoms with van der Waals surface area (Å²) in [5.74, 6) is -1.01. The number of carbonyl (C=O) groups is 2. The molecule has 1 aliphatic heterocycles. The number of amides is 1. The van der Waals surface area contributed by atoms with Gasteiger partial charge < -0.3 is 5.11 Å². The topological polar surface area (TPSA) is 57.6 Å². The highest BCUT2D eigenvalue weighted by Gasteiger charge is 2.31. The Morgan fingerprint density at radius 3 is 2.90 bits per heavy atom. The van der Waals surface area contributed by atoms with Crippen LogP contribution in [0.3, 0.4) is 0 Å². The first-order valence-corrected chi connectivity index (χ1v) is 8.58. The molecule has 2 rings (SSSR count). The Balaban J connectivity index is 2.04. The molecule has 0 spiro atoms. The van der Waals surface area contributed by atoms with Gasteiger partial charge in [0.25, 0.3) is 5.91 Å². The standard InChI is InChI=1S/C12H10BrNO3S3/c13-9-5-7(6-19-9)4-8-11(17)14(12(18)20-8)3-1-2-10(15)16/h4-6H,1-3H2,(H,15,16)/b8-4+. The molecule has 0 aromatic carbocycles. The van der Waals surface area contributed by atoms with Crippen LogP contribution in [0.5, 0.6) is 0 Å². The summed E-state index contributed by atoms with van der Waals surface area (Å²) in [5.41, 5.74) is 0.952. The second-order valence-corrected chi connectivity index (χ2v) is 7.98. The minimum Gasteiger partial charge on any atom is -0.481 e. The van der Waals surface area contributed by atoms with Crippen molar-refractivity contribution in [2.24, 2.45) is 0 Å². The molecule has 1 fully saturated rings. The maximum absolute atomic E-state index is 12.2. The van der Waals surface area contributed by atoms with Crippen molar-refractivity contribution in [3.63, 3.8) is 0 Å². The van der Waals surface area contributed by atoms with E-state index in [9.17, 15) is 9.59 Å². The molecule has 20 heavy (non-hydrogen) atoms. The van der Waals surface area contributed by atoms with Crippen molar-refractivity contribution < 1.29 is 14.7 Å². The van der Waals surface area contributed by atoms with Crippen LogP contribution in [0, 0.1) is 0 Å². The highest BCUT2D eigenvalue weighted by molar-refractivity contribution is 9.11. The summed E-state index contributed by atoms with van der Waals surface area (Å²) in [7, 11) is 0. The third-order valence-electron chi connectivity index (χ3n) is 2.53. The number of rotatable bonds is 5. The predicted octanol–water partition coefficient (Wildman–Crippen LogP) is 3.58. The summed E-state index contributed by atoms with van der Waals surface area (Å²) in [6.45, 7) is 0.349. The fourth-order valence-corrected chi connectivity index (χ4v) is 4.07. The Labute approximate surface area is 138 Å².